The molecular weight excluding hydrogens is 344 g/mol. The molecule has 0 amide bonds. The number of nitrogens with one attached hydrogen (secondary N) is 1. The van der Waals surface area contributed by atoms with E-state index in [0.717, 1.165) is 5.69 Å². The Balaban J connectivity index is 1.78. The van der Waals surface area contributed by atoms with Gasteiger partial charge in [-0.25, -0.2) is 15.0 Å². The molecule has 0 aliphatic carbocycles. The van der Waals surface area contributed by atoms with E-state index in [2.05, 4.69) is 20.3 Å². The van der Waals surface area contributed by atoms with Gasteiger partial charge in [0, 0.05) is 44.7 Å². The maximum absolute atomic E-state index is 12.4. The lowest BCUT2D eigenvalue weighted by molar-refractivity contribution is 0.101. The van der Waals surface area contributed by atoms with Crippen LogP contribution in [0.1, 0.15) is 10.4 Å². The Bertz CT molecular complexity index is 997. The van der Waals surface area contributed by atoms with E-state index in [-0.39, 0.29) is 17.9 Å². The lowest BCUT2D eigenvalue weighted by Crippen LogP contribution is -2.24. The third kappa shape index (κ3) is 4.17. The highest BCUT2D eigenvalue weighted by Gasteiger charge is 2.11. The number of nitrogens with zero attached hydrogens (tertiary/aromatic N) is 5. The fourth-order valence-corrected chi connectivity index (χ4v) is 2.48. The van der Waals surface area contributed by atoms with Crippen molar-refractivity contribution in [1.29, 1.82) is 0 Å². The molecule has 1 N–H and O–H groups in total. The molecule has 0 spiro atoms. The van der Waals surface area contributed by atoms with Crippen molar-refractivity contribution < 1.29 is 4.79 Å². The number of hydrogen-bond acceptors (Lipinski definition) is 7. The number of rotatable bonds is 6. The number of benzene rings is 1. The van der Waals surface area contributed by atoms with Gasteiger partial charge in [-0.05, 0) is 30.3 Å². The van der Waals surface area contributed by atoms with Crippen LogP contribution in [0.25, 0.3) is 11.4 Å². The van der Waals surface area contributed by atoms with E-state index in [0.29, 0.717) is 22.9 Å². The minimum atomic E-state index is -0.246. The van der Waals surface area contributed by atoms with Crippen LogP contribution in [0.15, 0.2) is 53.7 Å². The van der Waals surface area contributed by atoms with Gasteiger partial charge in [-0.1, -0.05) is 0 Å². The summed E-state index contributed by atoms with van der Waals surface area (Å²) in [5.74, 6) is 0.205. The molecule has 0 aliphatic rings. The van der Waals surface area contributed by atoms with Gasteiger partial charge in [0.15, 0.2) is 5.78 Å². The first-order valence-electron chi connectivity index (χ1n) is 8.34. The van der Waals surface area contributed by atoms with Gasteiger partial charge in [-0.15, -0.1) is 0 Å². The highest BCUT2D eigenvalue weighted by atomic mass is 16.1. The molecule has 138 valence electrons. The number of aromatic nitrogens is 4. The van der Waals surface area contributed by atoms with E-state index in [1.165, 1.54) is 17.0 Å². The van der Waals surface area contributed by atoms with Crippen molar-refractivity contribution in [3.05, 3.63) is 64.8 Å². The lowest BCUT2D eigenvalue weighted by Gasteiger charge is -2.13. The standard InChI is InChI=1S/C19H20N6O2/c1-24(2)14-6-4-13(5-7-14)17(26)11-21-19-23-16(10-18(27)25(19)3)15-8-9-20-12-22-15/h4-10,12H,11H2,1-3H3,(H,21,23). The van der Waals surface area contributed by atoms with E-state index >= 15 is 0 Å². The largest absolute Gasteiger partial charge is 0.378 e. The molecule has 27 heavy (non-hydrogen) atoms. The molecule has 8 nitrogen and oxygen atoms in total. The molecule has 0 atom stereocenters. The van der Waals surface area contributed by atoms with Gasteiger partial charge in [0.2, 0.25) is 5.95 Å². The normalized spacial score (nSPS) is 10.5. The molecule has 2 aromatic heterocycles. The third-order valence-electron chi connectivity index (χ3n) is 4.09. The number of hydrogen-bond donors (Lipinski definition) is 1. The molecule has 3 aromatic rings. The van der Waals surface area contributed by atoms with Gasteiger partial charge in [-0.3, -0.25) is 14.2 Å². The first-order chi connectivity index (χ1) is 13.0. The second-order valence-electron chi connectivity index (χ2n) is 6.17. The van der Waals surface area contributed by atoms with Crippen LogP contribution in [0.3, 0.4) is 0 Å². The first-order valence-corrected chi connectivity index (χ1v) is 8.34. The minimum absolute atomic E-state index is 0.0226. The van der Waals surface area contributed by atoms with Crippen LogP contribution in [0.4, 0.5) is 11.6 Å². The lowest BCUT2D eigenvalue weighted by atomic mass is 10.1. The molecule has 0 unspecified atom stereocenters. The van der Waals surface area contributed by atoms with Gasteiger partial charge < -0.3 is 10.2 Å². The Morgan fingerprint density at radius 1 is 1.15 bits per heavy atom. The molecule has 0 saturated carbocycles. The molecule has 2 heterocycles. The highest BCUT2D eigenvalue weighted by Crippen LogP contribution is 2.14. The molecule has 0 fully saturated rings. The summed E-state index contributed by atoms with van der Waals surface area (Å²) in [6, 6.07) is 10.4. The molecule has 0 radical (unpaired) electrons. The summed E-state index contributed by atoms with van der Waals surface area (Å²) in [6.07, 6.45) is 2.97. The number of anilines is 2. The number of carbonyl (C=O) groups is 1. The van der Waals surface area contributed by atoms with Gasteiger partial charge >= 0.3 is 0 Å². The summed E-state index contributed by atoms with van der Waals surface area (Å²) in [5.41, 5.74) is 2.32. The number of Topliss-reactive ketones (excluding diaryl/α,β-unsaturated/α-hetero) is 1. The second kappa shape index (κ2) is 7.77. The van der Waals surface area contributed by atoms with E-state index in [1.807, 2.05) is 31.1 Å². The monoisotopic (exact) mass is 364 g/mol. The van der Waals surface area contributed by atoms with Crippen molar-refractivity contribution in [2.24, 2.45) is 7.05 Å². The fraction of sp³-hybridized carbons (Fsp3) is 0.211. The molecule has 8 heteroatoms. The minimum Gasteiger partial charge on any atom is -0.378 e. The molecule has 0 saturated heterocycles. The maximum Gasteiger partial charge on any atom is 0.255 e. The van der Waals surface area contributed by atoms with Crippen LogP contribution >= 0.6 is 0 Å². The fourth-order valence-electron chi connectivity index (χ4n) is 2.48. The summed E-state index contributed by atoms with van der Waals surface area (Å²) in [7, 11) is 5.47. The SMILES string of the molecule is CN(C)c1ccc(C(=O)CNc2nc(-c3ccncn3)cc(=O)n2C)cc1. The van der Waals surface area contributed by atoms with Gasteiger partial charge in [-0.2, -0.15) is 0 Å². The van der Waals surface area contributed by atoms with Crippen molar-refractivity contribution in [2.75, 3.05) is 30.9 Å². The van der Waals surface area contributed by atoms with E-state index in [4.69, 9.17) is 0 Å². The predicted octanol–water partition coefficient (Wildman–Crippen LogP) is 1.60. The van der Waals surface area contributed by atoms with Crippen LogP contribution < -0.4 is 15.8 Å². The van der Waals surface area contributed by atoms with Crippen LogP contribution in [0.2, 0.25) is 0 Å². The Hall–Kier alpha value is -3.55. The van der Waals surface area contributed by atoms with Crippen molar-refractivity contribution in [3.63, 3.8) is 0 Å². The van der Waals surface area contributed by atoms with Crippen LogP contribution in [0, 0.1) is 0 Å². The van der Waals surface area contributed by atoms with Gasteiger partial charge in [0.25, 0.3) is 5.56 Å². The Morgan fingerprint density at radius 3 is 2.52 bits per heavy atom. The second-order valence-corrected chi connectivity index (χ2v) is 6.17. The molecule has 1 aromatic carbocycles. The van der Waals surface area contributed by atoms with Crippen LogP contribution in [0.5, 0.6) is 0 Å². The zero-order chi connectivity index (χ0) is 19.4. The van der Waals surface area contributed by atoms with Crippen LogP contribution in [-0.4, -0.2) is 45.9 Å². The average molecular weight is 364 g/mol. The van der Waals surface area contributed by atoms with E-state index in [1.54, 1.807) is 31.4 Å². The number of ketones is 1. The van der Waals surface area contributed by atoms with Crippen molar-refractivity contribution in [3.8, 4) is 11.4 Å². The van der Waals surface area contributed by atoms with Gasteiger partial charge in [0.1, 0.15) is 6.33 Å². The van der Waals surface area contributed by atoms with Crippen LogP contribution in [-0.2, 0) is 7.05 Å². The topological polar surface area (TPSA) is 93.0 Å². The van der Waals surface area contributed by atoms with E-state index < -0.39 is 0 Å². The summed E-state index contributed by atoms with van der Waals surface area (Å²) in [4.78, 5) is 39.0. The third-order valence-corrected chi connectivity index (χ3v) is 4.09. The van der Waals surface area contributed by atoms with E-state index in [9.17, 15) is 9.59 Å². The summed E-state index contributed by atoms with van der Waals surface area (Å²) < 4.78 is 1.35. The average Bonchev–Trinajstić information content (AvgIpc) is 2.69. The Morgan fingerprint density at radius 2 is 1.89 bits per heavy atom. The Labute approximate surface area is 156 Å². The predicted molar refractivity (Wildman–Crippen MR) is 104 cm³/mol. The zero-order valence-corrected chi connectivity index (χ0v) is 15.4. The molecule has 0 bridgehead atoms. The smallest absolute Gasteiger partial charge is 0.255 e. The van der Waals surface area contributed by atoms with Crippen molar-refractivity contribution in [2.45, 2.75) is 0 Å². The number of carbonyl (C=O) groups excluding carboxylic acids is 1. The van der Waals surface area contributed by atoms with Gasteiger partial charge in [0.05, 0.1) is 17.9 Å². The first kappa shape index (κ1) is 18.2. The summed E-state index contributed by atoms with van der Waals surface area (Å²) >= 11 is 0. The quantitative estimate of drug-likeness (QED) is 0.664. The Kier molecular flexibility index (Phi) is 5.25. The van der Waals surface area contributed by atoms with Crippen molar-refractivity contribution in [1.82, 2.24) is 19.5 Å². The summed E-state index contributed by atoms with van der Waals surface area (Å²) in [6.45, 7) is 0.0226. The summed E-state index contributed by atoms with van der Waals surface area (Å²) in [5, 5.41) is 2.95. The molecule has 0 aliphatic heterocycles. The molecular formula is C19H20N6O2. The molecule has 3 rings (SSSR count). The van der Waals surface area contributed by atoms with Crippen molar-refractivity contribution >= 4 is 17.4 Å². The zero-order valence-electron chi connectivity index (χ0n) is 15.4. The highest BCUT2D eigenvalue weighted by molar-refractivity contribution is 5.99. The maximum atomic E-state index is 12.4.